The Morgan fingerprint density at radius 3 is 2.29 bits per heavy atom. The van der Waals surface area contributed by atoms with E-state index >= 15 is 0 Å². The molecule has 2 fully saturated rings. The lowest BCUT2D eigenvalue weighted by atomic mass is 10.1. The zero-order chi connectivity index (χ0) is 16.6. The highest BCUT2D eigenvalue weighted by molar-refractivity contribution is 5.78. The molecule has 1 aromatic carbocycles. The molecule has 0 bridgehead atoms. The highest BCUT2D eigenvalue weighted by atomic mass is 16.5. The second kappa shape index (κ2) is 9.16. The Kier molecular flexibility index (Phi) is 6.64. The van der Waals surface area contributed by atoms with Crippen LogP contribution >= 0.6 is 0 Å². The van der Waals surface area contributed by atoms with Gasteiger partial charge < -0.3 is 14.5 Å². The van der Waals surface area contributed by atoms with Crippen molar-refractivity contribution >= 4 is 5.91 Å². The summed E-state index contributed by atoms with van der Waals surface area (Å²) in [6.07, 6.45) is 2.35. The van der Waals surface area contributed by atoms with Crippen LogP contribution in [0.15, 0.2) is 30.3 Å². The molecule has 2 saturated heterocycles. The molecule has 0 unspecified atom stereocenters. The van der Waals surface area contributed by atoms with Gasteiger partial charge in [-0.25, -0.2) is 0 Å². The minimum absolute atomic E-state index is 0.260. The van der Waals surface area contributed by atoms with Gasteiger partial charge in [0.15, 0.2) is 0 Å². The number of hydrogen-bond acceptors (Lipinski definition) is 4. The van der Waals surface area contributed by atoms with Crippen LogP contribution in [0.2, 0.25) is 0 Å². The molecule has 132 valence electrons. The highest BCUT2D eigenvalue weighted by Crippen LogP contribution is 2.07. The summed E-state index contributed by atoms with van der Waals surface area (Å²) in [5, 5.41) is 0. The minimum atomic E-state index is 0.260. The molecule has 0 aromatic heterocycles. The van der Waals surface area contributed by atoms with Gasteiger partial charge in [-0.2, -0.15) is 0 Å². The smallest absolute Gasteiger partial charge is 0.236 e. The van der Waals surface area contributed by atoms with E-state index in [1.807, 2.05) is 4.90 Å². The Hall–Kier alpha value is -1.43. The Morgan fingerprint density at radius 2 is 1.58 bits per heavy atom. The van der Waals surface area contributed by atoms with E-state index in [-0.39, 0.29) is 5.91 Å². The molecule has 1 amide bonds. The standard InChI is InChI=1S/C19H29N3O2/c23-19(22-13-15-24-16-14-22)17-21-11-9-20(10-12-21)8-4-7-18-5-2-1-3-6-18/h1-3,5-6H,4,7-17H2. The quantitative estimate of drug-likeness (QED) is 0.782. The molecule has 0 aliphatic carbocycles. The van der Waals surface area contributed by atoms with Crippen molar-refractivity contribution in [1.29, 1.82) is 0 Å². The molecular weight excluding hydrogens is 302 g/mol. The maximum atomic E-state index is 12.3. The first-order valence-corrected chi connectivity index (χ1v) is 9.15. The number of aryl methyl sites for hydroxylation is 1. The van der Waals surface area contributed by atoms with E-state index in [0.29, 0.717) is 19.8 Å². The Bertz CT molecular complexity index is 495. The fraction of sp³-hybridized carbons (Fsp3) is 0.632. The largest absolute Gasteiger partial charge is 0.378 e. The van der Waals surface area contributed by atoms with Crippen molar-refractivity contribution in [1.82, 2.24) is 14.7 Å². The number of benzene rings is 1. The van der Waals surface area contributed by atoms with Crippen molar-refractivity contribution in [2.24, 2.45) is 0 Å². The number of amides is 1. The third-order valence-electron chi connectivity index (χ3n) is 4.97. The second-order valence-electron chi connectivity index (χ2n) is 6.70. The molecule has 0 radical (unpaired) electrons. The Morgan fingerprint density at radius 1 is 0.917 bits per heavy atom. The minimum Gasteiger partial charge on any atom is -0.378 e. The van der Waals surface area contributed by atoms with Gasteiger partial charge in [-0.3, -0.25) is 9.69 Å². The molecule has 24 heavy (non-hydrogen) atoms. The maximum absolute atomic E-state index is 12.3. The average molecular weight is 331 g/mol. The van der Waals surface area contributed by atoms with Gasteiger partial charge in [0.2, 0.25) is 5.91 Å². The van der Waals surface area contributed by atoms with Crippen molar-refractivity contribution in [3.05, 3.63) is 35.9 Å². The van der Waals surface area contributed by atoms with Crippen LogP contribution in [0.3, 0.4) is 0 Å². The van der Waals surface area contributed by atoms with Gasteiger partial charge in [0, 0.05) is 39.3 Å². The van der Waals surface area contributed by atoms with Gasteiger partial charge in [-0.15, -0.1) is 0 Å². The first-order chi connectivity index (χ1) is 11.8. The molecule has 0 spiro atoms. The van der Waals surface area contributed by atoms with Crippen LogP contribution in [0.1, 0.15) is 12.0 Å². The van der Waals surface area contributed by atoms with Gasteiger partial charge in [0.25, 0.3) is 0 Å². The number of carbonyl (C=O) groups excluding carboxylic acids is 1. The Balaban J connectivity index is 1.31. The molecule has 5 nitrogen and oxygen atoms in total. The van der Waals surface area contributed by atoms with Crippen molar-refractivity contribution in [3.8, 4) is 0 Å². The third-order valence-corrected chi connectivity index (χ3v) is 4.97. The molecule has 2 aliphatic heterocycles. The number of carbonyl (C=O) groups is 1. The van der Waals surface area contributed by atoms with Gasteiger partial charge in [-0.1, -0.05) is 30.3 Å². The summed E-state index contributed by atoms with van der Waals surface area (Å²) >= 11 is 0. The zero-order valence-electron chi connectivity index (χ0n) is 14.5. The topological polar surface area (TPSA) is 36.0 Å². The van der Waals surface area contributed by atoms with E-state index in [1.54, 1.807) is 0 Å². The third kappa shape index (κ3) is 5.30. The molecular formula is C19H29N3O2. The van der Waals surface area contributed by atoms with Crippen LogP contribution in [0.5, 0.6) is 0 Å². The van der Waals surface area contributed by atoms with E-state index in [9.17, 15) is 4.79 Å². The molecule has 2 heterocycles. The summed E-state index contributed by atoms with van der Waals surface area (Å²) in [5.74, 6) is 0.260. The second-order valence-corrected chi connectivity index (χ2v) is 6.70. The SMILES string of the molecule is O=C(CN1CCN(CCCc2ccccc2)CC1)N1CCOCC1. The normalized spacial score (nSPS) is 20.2. The summed E-state index contributed by atoms with van der Waals surface area (Å²) in [6.45, 7) is 8.73. The van der Waals surface area contributed by atoms with Crippen LogP contribution < -0.4 is 0 Å². The van der Waals surface area contributed by atoms with E-state index in [0.717, 1.165) is 52.2 Å². The van der Waals surface area contributed by atoms with E-state index in [4.69, 9.17) is 4.74 Å². The lowest BCUT2D eigenvalue weighted by Crippen LogP contribution is -2.51. The zero-order valence-corrected chi connectivity index (χ0v) is 14.5. The summed E-state index contributed by atoms with van der Waals surface area (Å²) in [4.78, 5) is 19.1. The Labute approximate surface area is 145 Å². The van der Waals surface area contributed by atoms with Crippen LogP contribution in [0.25, 0.3) is 0 Å². The van der Waals surface area contributed by atoms with Gasteiger partial charge in [-0.05, 0) is 24.9 Å². The molecule has 2 aliphatic rings. The lowest BCUT2D eigenvalue weighted by molar-refractivity contribution is -0.136. The van der Waals surface area contributed by atoms with Crippen LogP contribution in [-0.4, -0.2) is 86.2 Å². The van der Waals surface area contributed by atoms with Crippen LogP contribution in [0, 0.1) is 0 Å². The van der Waals surface area contributed by atoms with Gasteiger partial charge in [0.05, 0.1) is 19.8 Å². The van der Waals surface area contributed by atoms with Crippen molar-refractivity contribution in [2.45, 2.75) is 12.8 Å². The number of rotatable bonds is 6. The molecule has 0 N–H and O–H groups in total. The van der Waals surface area contributed by atoms with Crippen molar-refractivity contribution in [3.63, 3.8) is 0 Å². The van der Waals surface area contributed by atoms with Crippen molar-refractivity contribution < 1.29 is 9.53 Å². The first-order valence-electron chi connectivity index (χ1n) is 9.15. The molecule has 5 heteroatoms. The van der Waals surface area contributed by atoms with Crippen LogP contribution in [-0.2, 0) is 16.0 Å². The summed E-state index contributed by atoms with van der Waals surface area (Å²) in [7, 11) is 0. The maximum Gasteiger partial charge on any atom is 0.236 e. The summed E-state index contributed by atoms with van der Waals surface area (Å²) in [5.41, 5.74) is 1.42. The number of ether oxygens (including phenoxy) is 1. The van der Waals surface area contributed by atoms with Crippen LogP contribution in [0.4, 0.5) is 0 Å². The number of hydrogen-bond donors (Lipinski definition) is 0. The lowest BCUT2D eigenvalue weighted by Gasteiger charge is -2.36. The molecule has 0 saturated carbocycles. The monoisotopic (exact) mass is 331 g/mol. The van der Waals surface area contributed by atoms with E-state index < -0.39 is 0 Å². The molecule has 0 atom stereocenters. The van der Waals surface area contributed by atoms with Gasteiger partial charge in [0.1, 0.15) is 0 Å². The predicted molar refractivity (Wildman–Crippen MR) is 95.0 cm³/mol. The first kappa shape index (κ1) is 17.4. The summed E-state index contributed by atoms with van der Waals surface area (Å²) < 4.78 is 5.31. The van der Waals surface area contributed by atoms with Gasteiger partial charge >= 0.3 is 0 Å². The average Bonchev–Trinajstić information content (AvgIpc) is 2.65. The van der Waals surface area contributed by atoms with Crippen molar-refractivity contribution in [2.75, 3.05) is 65.6 Å². The molecule has 1 aromatic rings. The number of piperazine rings is 1. The highest BCUT2D eigenvalue weighted by Gasteiger charge is 2.22. The number of nitrogens with zero attached hydrogens (tertiary/aromatic N) is 3. The molecule has 3 rings (SSSR count). The summed E-state index contributed by atoms with van der Waals surface area (Å²) in [6, 6.07) is 10.7. The van der Waals surface area contributed by atoms with E-state index in [2.05, 4.69) is 40.1 Å². The van der Waals surface area contributed by atoms with E-state index in [1.165, 1.54) is 12.0 Å². The number of morpholine rings is 1. The fourth-order valence-electron chi connectivity index (χ4n) is 3.43. The fourth-order valence-corrected chi connectivity index (χ4v) is 3.43. The predicted octanol–water partition coefficient (Wildman–Crippen LogP) is 1.10.